The van der Waals surface area contributed by atoms with Crippen LogP contribution in [0.3, 0.4) is 0 Å². The zero-order valence-electron chi connectivity index (χ0n) is 12.4. The van der Waals surface area contributed by atoms with E-state index in [0.717, 1.165) is 30.9 Å². The van der Waals surface area contributed by atoms with Gasteiger partial charge in [0.15, 0.2) is 0 Å². The van der Waals surface area contributed by atoms with Crippen molar-refractivity contribution in [3.8, 4) is 5.75 Å². The van der Waals surface area contributed by atoms with Crippen molar-refractivity contribution in [2.24, 2.45) is 0 Å². The molecular weight excluding hydrogens is 268 g/mol. The van der Waals surface area contributed by atoms with Crippen molar-refractivity contribution < 1.29 is 14.6 Å². The van der Waals surface area contributed by atoms with Crippen molar-refractivity contribution in [1.29, 1.82) is 0 Å². The number of ether oxygens (including phenoxy) is 1. The number of benzene rings is 1. The molecule has 1 aromatic rings. The van der Waals surface area contributed by atoms with Gasteiger partial charge in [0.25, 0.3) is 0 Å². The summed E-state index contributed by atoms with van der Waals surface area (Å²) < 4.78 is 5.68. The van der Waals surface area contributed by atoms with E-state index >= 15 is 0 Å². The smallest absolute Gasteiger partial charge is 0.222 e. The maximum Gasteiger partial charge on any atom is 0.222 e. The van der Waals surface area contributed by atoms with Gasteiger partial charge < -0.3 is 19.6 Å². The molecule has 3 rings (SSSR count). The third-order valence-corrected chi connectivity index (χ3v) is 4.11. The monoisotopic (exact) mass is 290 g/mol. The molecule has 2 aliphatic rings. The number of fused-ring (bicyclic) bond motifs is 1. The highest BCUT2D eigenvalue weighted by Gasteiger charge is 2.25. The molecule has 0 aliphatic carbocycles. The summed E-state index contributed by atoms with van der Waals surface area (Å²) in [5, 5.41) is 10.3. The molecule has 2 heterocycles. The van der Waals surface area contributed by atoms with Crippen LogP contribution in [-0.4, -0.2) is 54.8 Å². The van der Waals surface area contributed by atoms with Crippen molar-refractivity contribution in [3.05, 3.63) is 23.8 Å². The van der Waals surface area contributed by atoms with Gasteiger partial charge in [-0.1, -0.05) is 6.07 Å². The lowest BCUT2D eigenvalue weighted by atomic mass is 10.1. The van der Waals surface area contributed by atoms with E-state index in [-0.39, 0.29) is 5.91 Å². The van der Waals surface area contributed by atoms with E-state index in [1.54, 1.807) is 4.90 Å². The Morgan fingerprint density at radius 3 is 2.86 bits per heavy atom. The van der Waals surface area contributed by atoms with E-state index in [0.29, 0.717) is 26.1 Å². The fourth-order valence-electron chi connectivity index (χ4n) is 3.04. The summed E-state index contributed by atoms with van der Waals surface area (Å²) in [5.74, 6) is 1.04. The van der Waals surface area contributed by atoms with Gasteiger partial charge in [-0.2, -0.15) is 0 Å². The third kappa shape index (κ3) is 3.13. The number of carbonyl (C=O) groups excluding carboxylic acids is 1. The number of nitrogens with zero attached hydrogens (tertiary/aromatic N) is 2. The number of aliphatic hydroxyl groups is 1. The topological polar surface area (TPSA) is 53.0 Å². The minimum atomic E-state index is -0.528. The number of rotatable bonds is 4. The Balaban J connectivity index is 1.64. The zero-order chi connectivity index (χ0) is 14.8. The van der Waals surface area contributed by atoms with Crippen LogP contribution in [0, 0.1) is 6.92 Å². The van der Waals surface area contributed by atoms with Crippen LogP contribution in [0.15, 0.2) is 18.2 Å². The first-order chi connectivity index (χ1) is 10.1. The molecule has 0 saturated carbocycles. The van der Waals surface area contributed by atoms with Crippen molar-refractivity contribution in [3.63, 3.8) is 0 Å². The summed E-state index contributed by atoms with van der Waals surface area (Å²) in [4.78, 5) is 15.5. The average Bonchev–Trinajstić information content (AvgIpc) is 2.84. The molecule has 21 heavy (non-hydrogen) atoms. The standard InChI is InChI=1S/C16H22N2O3/c1-12-4-5-14-15(9-12)21-8-7-17(14)10-13(19)11-18-6-2-3-16(18)20/h4-5,9,13,19H,2-3,6-8,10-11H2,1H3. The molecule has 2 aliphatic heterocycles. The average molecular weight is 290 g/mol. The SMILES string of the molecule is Cc1ccc2c(c1)OCCN2CC(O)CN1CCCC1=O. The molecule has 1 aromatic carbocycles. The second-order valence-electron chi connectivity index (χ2n) is 5.86. The predicted molar refractivity (Wildman–Crippen MR) is 80.7 cm³/mol. The van der Waals surface area contributed by atoms with Crippen molar-refractivity contribution >= 4 is 11.6 Å². The van der Waals surface area contributed by atoms with Crippen LogP contribution in [0.4, 0.5) is 5.69 Å². The molecule has 0 spiro atoms. The van der Waals surface area contributed by atoms with Crippen LogP contribution in [0.1, 0.15) is 18.4 Å². The lowest BCUT2D eigenvalue weighted by molar-refractivity contribution is -0.128. The molecule has 1 atom stereocenters. The number of aryl methyl sites for hydroxylation is 1. The predicted octanol–water partition coefficient (Wildman–Crippen LogP) is 1.18. The molecule has 1 amide bonds. The molecule has 114 valence electrons. The highest BCUT2D eigenvalue weighted by atomic mass is 16.5. The van der Waals surface area contributed by atoms with Crippen LogP contribution >= 0.6 is 0 Å². The Labute approximate surface area is 125 Å². The van der Waals surface area contributed by atoms with E-state index in [9.17, 15) is 9.90 Å². The Hall–Kier alpha value is -1.75. The molecule has 1 saturated heterocycles. The number of hydrogen-bond acceptors (Lipinski definition) is 4. The van der Waals surface area contributed by atoms with Crippen molar-refractivity contribution in [2.75, 3.05) is 37.7 Å². The van der Waals surface area contributed by atoms with Crippen LogP contribution in [0.25, 0.3) is 0 Å². The number of likely N-dealkylation sites (tertiary alicyclic amines) is 1. The van der Waals surface area contributed by atoms with Crippen molar-refractivity contribution in [2.45, 2.75) is 25.9 Å². The first kappa shape index (κ1) is 14.2. The number of β-amino-alcohol motifs (C(OH)–C–C–N with tert-alkyl or cyclic N) is 1. The maximum absolute atomic E-state index is 11.6. The Morgan fingerprint density at radius 1 is 1.29 bits per heavy atom. The highest BCUT2D eigenvalue weighted by Crippen LogP contribution is 2.32. The minimum Gasteiger partial charge on any atom is -0.490 e. The molecule has 1 fully saturated rings. The summed E-state index contributed by atoms with van der Waals surface area (Å²) in [7, 11) is 0. The molecule has 1 N–H and O–H groups in total. The molecule has 0 bridgehead atoms. The number of amides is 1. The van der Waals surface area contributed by atoms with Crippen LogP contribution in [-0.2, 0) is 4.79 Å². The normalized spacial score (nSPS) is 19.4. The molecular formula is C16H22N2O3. The fraction of sp³-hybridized carbons (Fsp3) is 0.562. The van der Waals surface area contributed by atoms with Gasteiger partial charge in [-0.05, 0) is 31.0 Å². The lowest BCUT2D eigenvalue weighted by Crippen LogP contribution is -2.43. The van der Waals surface area contributed by atoms with Gasteiger partial charge in [-0.3, -0.25) is 4.79 Å². The van der Waals surface area contributed by atoms with Gasteiger partial charge >= 0.3 is 0 Å². The van der Waals surface area contributed by atoms with Gasteiger partial charge in [-0.25, -0.2) is 0 Å². The number of aliphatic hydroxyl groups excluding tert-OH is 1. The molecule has 0 radical (unpaired) electrons. The minimum absolute atomic E-state index is 0.159. The third-order valence-electron chi connectivity index (χ3n) is 4.11. The number of anilines is 1. The zero-order valence-corrected chi connectivity index (χ0v) is 12.4. The van der Waals surface area contributed by atoms with Crippen molar-refractivity contribution in [1.82, 2.24) is 4.90 Å². The van der Waals surface area contributed by atoms with Gasteiger partial charge in [-0.15, -0.1) is 0 Å². The van der Waals surface area contributed by atoms with Crippen LogP contribution in [0.2, 0.25) is 0 Å². The van der Waals surface area contributed by atoms with E-state index < -0.39 is 6.10 Å². The second kappa shape index (κ2) is 5.93. The number of carbonyl (C=O) groups is 1. The summed E-state index contributed by atoms with van der Waals surface area (Å²) in [6.07, 6.45) is 0.997. The second-order valence-corrected chi connectivity index (χ2v) is 5.86. The molecule has 5 nitrogen and oxygen atoms in total. The summed E-state index contributed by atoms with van der Waals surface area (Å²) in [6.45, 7) is 5.17. The fourth-order valence-corrected chi connectivity index (χ4v) is 3.04. The Morgan fingerprint density at radius 2 is 2.10 bits per heavy atom. The summed E-state index contributed by atoms with van der Waals surface area (Å²) in [6, 6.07) is 6.12. The lowest BCUT2D eigenvalue weighted by Gasteiger charge is -2.33. The van der Waals surface area contributed by atoms with E-state index in [2.05, 4.69) is 11.0 Å². The molecule has 1 unspecified atom stereocenters. The first-order valence-electron chi connectivity index (χ1n) is 7.58. The first-order valence-corrected chi connectivity index (χ1v) is 7.58. The molecule has 5 heteroatoms. The number of hydrogen-bond donors (Lipinski definition) is 1. The van der Waals surface area contributed by atoms with E-state index in [4.69, 9.17) is 4.74 Å². The van der Waals surface area contributed by atoms with Gasteiger partial charge in [0.05, 0.1) is 18.3 Å². The summed E-state index contributed by atoms with van der Waals surface area (Å²) in [5.41, 5.74) is 2.19. The Bertz CT molecular complexity index is 532. The van der Waals surface area contributed by atoms with Crippen LogP contribution in [0.5, 0.6) is 5.75 Å². The van der Waals surface area contributed by atoms with Crippen LogP contribution < -0.4 is 9.64 Å². The quantitative estimate of drug-likeness (QED) is 0.904. The van der Waals surface area contributed by atoms with Gasteiger partial charge in [0.2, 0.25) is 5.91 Å². The highest BCUT2D eigenvalue weighted by molar-refractivity contribution is 5.78. The van der Waals surface area contributed by atoms with E-state index in [1.807, 2.05) is 19.1 Å². The largest absolute Gasteiger partial charge is 0.490 e. The van der Waals surface area contributed by atoms with E-state index in [1.165, 1.54) is 5.56 Å². The summed E-state index contributed by atoms with van der Waals surface area (Å²) >= 11 is 0. The maximum atomic E-state index is 11.6. The van der Waals surface area contributed by atoms with Gasteiger partial charge in [0, 0.05) is 26.1 Å². The molecule has 0 aromatic heterocycles. The Kier molecular flexibility index (Phi) is 4.01. The van der Waals surface area contributed by atoms with Gasteiger partial charge in [0.1, 0.15) is 12.4 Å².